The normalized spacial score (nSPS) is 19.2. The molecule has 1 aromatic carbocycles. The van der Waals surface area contributed by atoms with Crippen LogP contribution < -0.4 is 15.8 Å². The Labute approximate surface area is 161 Å². The van der Waals surface area contributed by atoms with Gasteiger partial charge < -0.3 is 20.2 Å². The lowest BCUT2D eigenvalue weighted by molar-refractivity contribution is -0.300. The summed E-state index contributed by atoms with van der Waals surface area (Å²) in [6.45, 7) is 1.28. The van der Waals surface area contributed by atoms with Crippen LogP contribution in [-0.4, -0.2) is 37.0 Å². The number of carbonyl (C=O) groups excluding carboxylic acids is 2. The Bertz CT molecular complexity index is 898. The summed E-state index contributed by atoms with van der Waals surface area (Å²) in [5.74, 6) is -0.551. The van der Waals surface area contributed by atoms with E-state index in [1.165, 1.54) is 14.0 Å². The van der Waals surface area contributed by atoms with Gasteiger partial charge in [0.1, 0.15) is 17.5 Å². The molecule has 0 saturated heterocycles. The smallest absolute Gasteiger partial charge is 0.339 e. The maximum Gasteiger partial charge on any atom is 0.339 e. The van der Waals surface area contributed by atoms with Crippen molar-refractivity contribution in [1.82, 2.24) is 5.32 Å². The van der Waals surface area contributed by atoms with Gasteiger partial charge in [-0.05, 0) is 43.9 Å². The zero-order valence-corrected chi connectivity index (χ0v) is 15.7. The fraction of sp³-hybridized carbons (Fsp3) is 0.421. The summed E-state index contributed by atoms with van der Waals surface area (Å²) in [5.41, 5.74) is 6.53. The SMILES string of the molecule is COc1c(C(=O)NC2CCC(OOC(C)=O)CC2)oc2ccc(C(=N)N)cc12. The molecule has 1 aromatic heterocycles. The number of nitrogens with two attached hydrogens (primary N) is 1. The van der Waals surface area contributed by atoms with Crippen molar-refractivity contribution in [2.45, 2.75) is 44.8 Å². The van der Waals surface area contributed by atoms with Gasteiger partial charge in [-0.1, -0.05) is 0 Å². The maximum atomic E-state index is 12.7. The number of hydrogen-bond acceptors (Lipinski definition) is 7. The maximum absolute atomic E-state index is 12.7. The van der Waals surface area contributed by atoms with Crippen LogP contribution in [-0.2, 0) is 14.6 Å². The first-order chi connectivity index (χ1) is 13.4. The summed E-state index contributed by atoms with van der Waals surface area (Å²) in [5, 5.41) is 11.1. The lowest BCUT2D eigenvalue weighted by Crippen LogP contribution is -2.39. The number of nitrogens with one attached hydrogen (secondary N) is 2. The van der Waals surface area contributed by atoms with E-state index in [1.807, 2.05) is 0 Å². The Morgan fingerprint density at radius 1 is 1.25 bits per heavy atom. The highest BCUT2D eigenvalue weighted by Crippen LogP contribution is 2.34. The van der Waals surface area contributed by atoms with E-state index in [9.17, 15) is 9.59 Å². The van der Waals surface area contributed by atoms with Gasteiger partial charge in [0, 0.05) is 18.5 Å². The van der Waals surface area contributed by atoms with E-state index < -0.39 is 5.97 Å². The summed E-state index contributed by atoms with van der Waals surface area (Å²) in [4.78, 5) is 33.2. The third-order valence-electron chi connectivity index (χ3n) is 4.67. The van der Waals surface area contributed by atoms with E-state index in [0.29, 0.717) is 48.0 Å². The molecule has 1 aliphatic carbocycles. The van der Waals surface area contributed by atoms with Gasteiger partial charge in [-0.25, -0.2) is 4.79 Å². The minimum Gasteiger partial charge on any atom is -0.492 e. The number of benzene rings is 1. The molecule has 9 nitrogen and oxygen atoms in total. The van der Waals surface area contributed by atoms with Crippen LogP contribution in [0, 0.1) is 5.41 Å². The van der Waals surface area contributed by atoms with Crippen LogP contribution in [0.15, 0.2) is 22.6 Å². The van der Waals surface area contributed by atoms with Crippen molar-refractivity contribution in [2.75, 3.05) is 7.11 Å². The van der Waals surface area contributed by atoms with E-state index in [-0.39, 0.29) is 29.6 Å². The molecular weight excluding hydrogens is 366 g/mol. The van der Waals surface area contributed by atoms with Crippen molar-refractivity contribution in [3.8, 4) is 5.75 Å². The first-order valence-electron chi connectivity index (χ1n) is 8.98. The Morgan fingerprint density at radius 3 is 2.57 bits per heavy atom. The Balaban J connectivity index is 1.68. The van der Waals surface area contributed by atoms with E-state index in [2.05, 4.69) is 10.2 Å². The number of carbonyl (C=O) groups is 2. The number of amidine groups is 1. The second-order valence-electron chi connectivity index (χ2n) is 6.71. The first-order valence-corrected chi connectivity index (χ1v) is 8.98. The lowest BCUT2D eigenvalue weighted by Gasteiger charge is -2.27. The summed E-state index contributed by atoms with van der Waals surface area (Å²) in [7, 11) is 1.46. The molecule has 0 bridgehead atoms. The molecule has 0 spiro atoms. The average Bonchev–Trinajstić information content (AvgIpc) is 3.05. The predicted octanol–water partition coefficient (Wildman–Crippen LogP) is 2.26. The topological polar surface area (TPSA) is 137 Å². The van der Waals surface area contributed by atoms with Crippen LogP contribution in [0.3, 0.4) is 0 Å². The molecule has 0 unspecified atom stereocenters. The molecule has 0 radical (unpaired) electrons. The summed E-state index contributed by atoms with van der Waals surface area (Å²) in [6, 6.07) is 4.92. The van der Waals surface area contributed by atoms with Crippen LogP contribution in [0.1, 0.15) is 48.7 Å². The van der Waals surface area contributed by atoms with Crippen molar-refractivity contribution in [1.29, 1.82) is 5.41 Å². The molecule has 1 aliphatic rings. The lowest BCUT2D eigenvalue weighted by atomic mass is 9.93. The molecule has 1 fully saturated rings. The fourth-order valence-corrected chi connectivity index (χ4v) is 3.28. The second kappa shape index (κ2) is 8.30. The van der Waals surface area contributed by atoms with Crippen LogP contribution in [0.2, 0.25) is 0 Å². The molecule has 2 aromatic rings. The van der Waals surface area contributed by atoms with Crippen LogP contribution >= 0.6 is 0 Å². The number of ether oxygens (including phenoxy) is 1. The van der Waals surface area contributed by atoms with Gasteiger partial charge in [0.15, 0.2) is 5.75 Å². The zero-order chi connectivity index (χ0) is 20.3. The second-order valence-corrected chi connectivity index (χ2v) is 6.71. The molecule has 0 atom stereocenters. The quantitative estimate of drug-likeness (QED) is 0.298. The number of fused-ring (bicyclic) bond motifs is 1. The predicted molar refractivity (Wildman–Crippen MR) is 100 cm³/mol. The minimum atomic E-state index is -0.486. The van der Waals surface area contributed by atoms with Gasteiger partial charge in [0.25, 0.3) is 5.91 Å². The Hall–Kier alpha value is -3.07. The number of nitrogen functional groups attached to an aromatic ring is 1. The van der Waals surface area contributed by atoms with Crippen molar-refractivity contribution < 1.29 is 28.5 Å². The van der Waals surface area contributed by atoms with E-state index in [4.69, 9.17) is 25.2 Å². The molecule has 1 heterocycles. The summed E-state index contributed by atoms with van der Waals surface area (Å²) in [6.07, 6.45) is 2.54. The van der Waals surface area contributed by atoms with Gasteiger partial charge in [-0.3, -0.25) is 15.1 Å². The molecule has 0 aliphatic heterocycles. The summed E-state index contributed by atoms with van der Waals surface area (Å²) < 4.78 is 11.1. The molecule has 1 amide bonds. The Kier molecular flexibility index (Phi) is 5.84. The highest BCUT2D eigenvalue weighted by molar-refractivity contribution is 6.04. The third-order valence-corrected chi connectivity index (χ3v) is 4.67. The van der Waals surface area contributed by atoms with Gasteiger partial charge in [0.05, 0.1) is 12.5 Å². The third kappa shape index (κ3) is 4.25. The minimum absolute atomic E-state index is 0.0459. The van der Waals surface area contributed by atoms with E-state index >= 15 is 0 Å². The fourth-order valence-electron chi connectivity index (χ4n) is 3.28. The van der Waals surface area contributed by atoms with Gasteiger partial charge in [-0.2, -0.15) is 4.89 Å². The number of amides is 1. The standard InChI is InChI=1S/C19H23N3O6/c1-10(23)27-28-13-6-4-12(5-7-13)22-19(24)17-16(25-2)14-9-11(18(20)21)3-8-15(14)26-17/h3,8-9,12-13H,4-7H2,1-2H3,(H3,20,21)(H,22,24). The number of hydrogen-bond donors (Lipinski definition) is 3. The monoisotopic (exact) mass is 389 g/mol. The average molecular weight is 389 g/mol. The van der Waals surface area contributed by atoms with Crippen LogP contribution in [0.5, 0.6) is 5.75 Å². The van der Waals surface area contributed by atoms with Crippen molar-refractivity contribution in [3.63, 3.8) is 0 Å². The van der Waals surface area contributed by atoms with Crippen molar-refractivity contribution >= 4 is 28.7 Å². The van der Waals surface area contributed by atoms with Gasteiger partial charge >= 0.3 is 5.97 Å². The molecule has 9 heteroatoms. The van der Waals surface area contributed by atoms with Crippen molar-refractivity contribution in [2.24, 2.45) is 5.73 Å². The highest BCUT2D eigenvalue weighted by atomic mass is 17.2. The molecule has 4 N–H and O–H groups in total. The molecule has 1 saturated carbocycles. The molecule has 28 heavy (non-hydrogen) atoms. The van der Waals surface area contributed by atoms with Gasteiger partial charge in [-0.15, -0.1) is 0 Å². The molecule has 3 rings (SSSR count). The van der Waals surface area contributed by atoms with Crippen LogP contribution in [0.25, 0.3) is 11.0 Å². The Morgan fingerprint density at radius 2 is 1.96 bits per heavy atom. The highest BCUT2D eigenvalue weighted by Gasteiger charge is 2.28. The first kappa shape index (κ1) is 19.7. The number of methoxy groups -OCH3 is 1. The largest absolute Gasteiger partial charge is 0.492 e. The zero-order valence-electron chi connectivity index (χ0n) is 15.7. The number of furan rings is 1. The van der Waals surface area contributed by atoms with E-state index in [1.54, 1.807) is 18.2 Å². The van der Waals surface area contributed by atoms with E-state index in [0.717, 1.165) is 0 Å². The molecular formula is C19H23N3O6. The van der Waals surface area contributed by atoms with Crippen LogP contribution in [0.4, 0.5) is 0 Å². The van der Waals surface area contributed by atoms with Gasteiger partial charge in [0.2, 0.25) is 5.76 Å². The summed E-state index contributed by atoms with van der Waals surface area (Å²) >= 11 is 0. The molecule has 150 valence electrons. The van der Waals surface area contributed by atoms with Crippen molar-refractivity contribution in [3.05, 3.63) is 29.5 Å². The number of rotatable bonds is 6.